The minimum Gasteiger partial charge on any atom is -0.809 e. The topological polar surface area (TPSA) is 660 Å². The SMILES string of the molecule is CC(N)(P(=O)([O-])[O-])P(=O)([O-])[O-].CC(N)(P(=O)([O-])[O-])P(=O)([O-])[O-].O.O.O.O.O.O.[NH3+]CC[NH3+].[NH3+]CC[NH3+].[NH3+]CC[NH3+].[Zn+2]. The summed E-state index contributed by atoms with van der Waals surface area (Å²) in [5.41, 5.74) is 30.2. The Bertz CT molecular complexity index is 587. The summed E-state index contributed by atoms with van der Waals surface area (Å²) in [6.07, 6.45) is 0. The van der Waals surface area contributed by atoms with Gasteiger partial charge in [-0.3, -0.25) is 0 Å². The fraction of sp³-hybridized carbons (Fsp3) is 1.00. The van der Waals surface area contributed by atoms with Crippen molar-refractivity contribution in [3.63, 3.8) is 0 Å². The zero-order chi connectivity index (χ0) is 29.2. The monoisotopic (exact) mass is 760 g/mol. The van der Waals surface area contributed by atoms with Crippen molar-refractivity contribution in [3.8, 4) is 0 Å². The average Bonchev–Trinajstić information content (AvgIpc) is 2.65. The van der Waals surface area contributed by atoms with Crippen LogP contribution in [0.1, 0.15) is 13.8 Å². The largest absolute Gasteiger partial charge is 2.00 e. The molecule has 0 aromatic heterocycles. The summed E-state index contributed by atoms with van der Waals surface area (Å²) in [7, 11) is -22.4. The van der Waals surface area contributed by atoms with E-state index in [-0.39, 0.29) is 52.3 Å². The van der Waals surface area contributed by atoms with Crippen LogP contribution in [0.2, 0.25) is 0 Å². The molecule has 0 aliphatic rings. The summed E-state index contributed by atoms with van der Waals surface area (Å²) >= 11 is 0. The average molecular weight is 762 g/mol. The first-order chi connectivity index (χ1) is 14.7. The van der Waals surface area contributed by atoms with Gasteiger partial charge in [-0.05, 0) is 44.2 Å². The van der Waals surface area contributed by atoms with E-state index in [1.165, 1.54) is 0 Å². The second-order valence-electron chi connectivity index (χ2n) is 6.30. The number of hydrogen-bond acceptors (Lipinski definition) is 14. The van der Waals surface area contributed by atoms with E-state index in [1.54, 1.807) is 0 Å². The smallest absolute Gasteiger partial charge is 0.809 e. The Morgan fingerprint density at radius 2 is 0.512 bits per heavy atom. The Kier molecular flexibility index (Phi) is 67.1. The van der Waals surface area contributed by atoms with Gasteiger partial charge in [-0.25, -0.2) is 0 Å². The van der Waals surface area contributed by atoms with Crippen LogP contribution < -0.4 is 85.0 Å². The Morgan fingerprint density at radius 1 is 0.439 bits per heavy atom. The van der Waals surface area contributed by atoms with Crippen molar-refractivity contribution in [2.75, 3.05) is 39.3 Å². The van der Waals surface area contributed by atoms with E-state index in [2.05, 4.69) is 45.9 Å². The third-order valence-corrected chi connectivity index (χ3v) is 10.3. The van der Waals surface area contributed by atoms with Crippen molar-refractivity contribution in [3.05, 3.63) is 0 Å². The molecule has 0 aliphatic carbocycles. The number of rotatable bonds is 7. The van der Waals surface area contributed by atoms with E-state index >= 15 is 0 Å². The summed E-state index contributed by atoms with van der Waals surface area (Å²) < 4.78 is 40.3. The number of hydrogen-bond donors (Lipinski definition) is 8. The molecule has 26 nitrogen and oxygen atoms in total. The molecule has 0 saturated heterocycles. The van der Waals surface area contributed by atoms with Crippen LogP contribution in [0.4, 0.5) is 0 Å². The van der Waals surface area contributed by atoms with Crippen LogP contribution in [0.25, 0.3) is 0 Å². The van der Waals surface area contributed by atoms with E-state index in [1.807, 2.05) is 0 Å². The van der Waals surface area contributed by atoms with Gasteiger partial charge in [-0.1, -0.05) is 0 Å². The Hall–Kier alpha value is 0.663. The maximum absolute atomic E-state index is 10.1. The Morgan fingerprint density at radius 3 is 0.512 bits per heavy atom. The van der Waals surface area contributed by atoms with Crippen molar-refractivity contribution >= 4 is 30.4 Å². The summed E-state index contributed by atoms with van der Waals surface area (Å²) in [6.45, 7) is 6.46. The first-order valence-corrected chi connectivity index (χ1v) is 15.3. The van der Waals surface area contributed by atoms with Crippen molar-refractivity contribution in [2.45, 2.75) is 23.9 Å². The molecule has 0 aliphatic heterocycles. The van der Waals surface area contributed by atoms with Crippen molar-refractivity contribution < 1.29 is 144 Å². The van der Waals surface area contributed by atoms with E-state index in [9.17, 15) is 57.4 Å². The van der Waals surface area contributed by atoms with Crippen LogP contribution >= 0.6 is 30.4 Å². The van der Waals surface area contributed by atoms with Crippen LogP contribution in [-0.4, -0.2) is 82.2 Å². The quantitative estimate of drug-likeness (QED) is 0.0882. The molecule has 0 amide bonds. The summed E-state index contributed by atoms with van der Waals surface area (Å²) in [5.74, 6) is 0. The van der Waals surface area contributed by atoms with Gasteiger partial charge in [-0.2, -0.15) is 0 Å². The summed E-state index contributed by atoms with van der Waals surface area (Å²) in [5, 5.41) is -6.47. The predicted octanol–water partition coefficient (Wildman–Crippen LogP) is -19.6. The molecule has 0 aromatic carbocycles. The first-order valence-electron chi connectivity index (χ1n) is 9.16. The van der Waals surface area contributed by atoms with Crippen molar-refractivity contribution in [1.29, 1.82) is 0 Å². The van der Waals surface area contributed by atoms with E-state index in [0.717, 1.165) is 39.3 Å². The van der Waals surface area contributed by atoms with Gasteiger partial charge in [0.2, 0.25) is 0 Å². The molecule has 31 heteroatoms. The number of nitrogens with two attached hydrogens (primary N) is 2. The zero-order valence-corrected chi connectivity index (χ0v) is 29.6. The van der Waals surface area contributed by atoms with Gasteiger partial charge in [0, 0.05) is 0 Å². The van der Waals surface area contributed by atoms with Gasteiger partial charge in [0.25, 0.3) is 0 Å². The molecular formula is C10H52N8O18P4Zn. The Balaban J connectivity index is -0.0000000264. The molecule has 262 valence electrons. The fourth-order valence-electron chi connectivity index (χ4n) is 0.300. The number of quaternary nitrogens is 6. The standard InChI is InChI=1S/3C2H8N2.2C2H9NO6P2.6H2O.Zn/c3*3-1-2-4;2*1-2(3,10(4,5)6)11(7,8)9;;;;;;;/h3*1-4H2;2*3H2,1H3,(H2,4,5,6)(H2,7,8,9);6*1H2;/q;;;;;;;;;;;+2/p-2. The Labute approximate surface area is 249 Å². The molecule has 0 bridgehead atoms. The zero-order valence-electron chi connectivity index (χ0n) is 23.0. The molecule has 0 heterocycles. The molecule has 34 N–H and O–H groups in total. The molecule has 0 radical (unpaired) electrons. The first kappa shape index (κ1) is 78.3. The molecule has 0 rings (SSSR count). The summed E-state index contributed by atoms with van der Waals surface area (Å²) in [4.78, 5) is 80.6. The van der Waals surface area contributed by atoms with E-state index in [4.69, 9.17) is 0 Å². The van der Waals surface area contributed by atoms with Gasteiger partial charge in [0.1, 0.15) is 39.3 Å². The maximum Gasteiger partial charge on any atom is 2.00 e. The van der Waals surface area contributed by atoms with Crippen LogP contribution in [0.5, 0.6) is 0 Å². The van der Waals surface area contributed by atoms with Gasteiger partial charge < -0.3 is 136 Å². The third-order valence-electron chi connectivity index (χ3n) is 2.97. The molecular weight excluding hydrogens is 709 g/mol. The van der Waals surface area contributed by atoms with Gasteiger partial charge in [-0.15, -0.1) is 0 Å². The predicted molar refractivity (Wildman–Crippen MR) is 124 cm³/mol. The van der Waals surface area contributed by atoms with Crippen LogP contribution in [0, 0.1) is 0 Å². The molecule has 0 atom stereocenters. The molecule has 0 saturated carbocycles. The summed E-state index contributed by atoms with van der Waals surface area (Å²) in [6, 6.07) is 0. The van der Waals surface area contributed by atoms with Gasteiger partial charge in [0.15, 0.2) is 0 Å². The normalized spacial score (nSPS) is 10.3. The minimum absolute atomic E-state index is 0. The minimum atomic E-state index is -5.60. The molecule has 41 heavy (non-hydrogen) atoms. The molecule has 0 unspecified atom stereocenters. The second kappa shape index (κ2) is 35.1. The molecule has 0 fully saturated rings. The van der Waals surface area contributed by atoms with Crippen molar-refractivity contribution in [1.82, 2.24) is 0 Å². The third kappa shape index (κ3) is 38.6. The maximum atomic E-state index is 10.1. The molecule has 0 aromatic rings. The van der Waals surface area contributed by atoms with Crippen LogP contribution in [0.3, 0.4) is 0 Å². The second-order valence-corrected chi connectivity index (χ2v) is 14.7. The van der Waals surface area contributed by atoms with Gasteiger partial charge >= 0.3 is 19.5 Å². The molecule has 0 spiro atoms. The van der Waals surface area contributed by atoms with E-state index < -0.39 is 40.4 Å². The fourth-order valence-corrected chi connectivity index (χ4v) is 2.70. The van der Waals surface area contributed by atoms with E-state index in [0.29, 0.717) is 13.8 Å². The van der Waals surface area contributed by atoms with Crippen molar-refractivity contribution in [2.24, 2.45) is 11.5 Å². The van der Waals surface area contributed by atoms with Crippen LogP contribution in [0.15, 0.2) is 0 Å². The van der Waals surface area contributed by atoms with Gasteiger partial charge in [0.05, 0.1) is 10.0 Å². The van der Waals surface area contributed by atoms with Crippen LogP contribution in [-0.2, 0) is 37.7 Å².